The van der Waals surface area contributed by atoms with Crippen molar-refractivity contribution in [1.29, 1.82) is 0 Å². The Hall–Kier alpha value is -2.55. The second-order valence-electron chi connectivity index (χ2n) is 3.07. The summed E-state index contributed by atoms with van der Waals surface area (Å²) in [6.07, 6.45) is 10.5. The molecule has 0 aliphatic heterocycles. The van der Waals surface area contributed by atoms with Crippen molar-refractivity contribution >= 4 is 0 Å². The highest BCUT2D eigenvalue weighted by Gasteiger charge is 1.59. The molecule has 0 aromatic carbocycles. The van der Waals surface area contributed by atoms with E-state index in [1.54, 1.807) is 37.2 Å². The zero-order valence-electron chi connectivity index (χ0n) is 10.0. The Morgan fingerprint density at radius 3 is 0.556 bits per heavy atom. The maximum absolute atomic E-state index is 3.78. The third-order valence-electron chi connectivity index (χ3n) is 1.70. The van der Waals surface area contributed by atoms with Gasteiger partial charge in [0.2, 0.25) is 0 Å². The van der Waals surface area contributed by atoms with E-state index >= 15 is 0 Å². The summed E-state index contributed by atoms with van der Waals surface area (Å²) in [5.74, 6) is 0. The van der Waals surface area contributed by atoms with E-state index in [-0.39, 0.29) is 0 Å². The highest BCUT2D eigenvalue weighted by atomic mass is 14.6. The van der Waals surface area contributed by atoms with E-state index in [4.69, 9.17) is 0 Å². The van der Waals surface area contributed by atoms with Gasteiger partial charge in [-0.25, -0.2) is 0 Å². The number of hydrogen-bond donors (Lipinski definition) is 0. The molecule has 0 spiro atoms. The highest BCUT2D eigenvalue weighted by molar-refractivity contribution is 4.89. The van der Waals surface area contributed by atoms with Crippen molar-refractivity contribution < 1.29 is 0 Å². The fourth-order valence-corrected chi connectivity index (χ4v) is 0.938. The Kier molecular flexibility index (Phi) is 8.22. The Morgan fingerprint density at radius 2 is 0.500 bits per heavy atom. The van der Waals surface area contributed by atoms with Gasteiger partial charge in [-0.1, -0.05) is 18.2 Å². The SMILES string of the molecule is c1ccncc1.c1ccncc1.c1ccncc1. The van der Waals surface area contributed by atoms with Gasteiger partial charge in [-0.15, -0.1) is 0 Å². The molecule has 18 heavy (non-hydrogen) atoms. The molecule has 0 saturated heterocycles. The molecule has 0 radical (unpaired) electrons. The molecule has 3 aromatic rings. The van der Waals surface area contributed by atoms with Gasteiger partial charge in [0, 0.05) is 37.2 Å². The summed E-state index contributed by atoms with van der Waals surface area (Å²) in [4.78, 5) is 11.4. The molecule has 90 valence electrons. The van der Waals surface area contributed by atoms with E-state index < -0.39 is 0 Å². The minimum Gasteiger partial charge on any atom is -0.265 e. The van der Waals surface area contributed by atoms with Crippen LogP contribution in [-0.4, -0.2) is 15.0 Å². The average Bonchev–Trinajstić information content (AvgIpc) is 2.54. The Balaban J connectivity index is 0.000000135. The van der Waals surface area contributed by atoms with Crippen molar-refractivity contribution in [3.63, 3.8) is 0 Å². The molecule has 0 aliphatic carbocycles. The van der Waals surface area contributed by atoms with Crippen LogP contribution in [0, 0.1) is 0 Å². The highest BCUT2D eigenvalue weighted by Crippen LogP contribution is 1.74. The van der Waals surface area contributed by atoms with Crippen LogP contribution in [-0.2, 0) is 0 Å². The van der Waals surface area contributed by atoms with Gasteiger partial charge in [0.1, 0.15) is 0 Å². The van der Waals surface area contributed by atoms with Crippen molar-refractivity contribution in [2.24, 2.45) is 0 Å². The molecule has 3 heterocycles. The predicted octanol–water partition coefficient (Wildman–Crippen LogP) is 3.24. The molecule has 0 unspecified atom stereocenters. The van der Waals surface area contributed by atoms with E-state index in [9.17, 15) is 0 Å². The van der Waals surface area contributed by atoms with Crippen LogP contribution in [0.4, 0.5) is 0 Å². The van der Waals surface area contributed by atoms with Crippen LogP contribution in [0.5, 0.6) is 0 Å². The third kappa shape index (κ3) is 8.73. The lowest BCUT2D eigenvalue weighted by molar-refractivity contribution is 1.33. The van der Waals surface area contributed by atoms with Crippen LogP contribution < -0.4 is 0 Å². The van der Waals surface area contributed by atoms with Gasteiger partial charge >= 0.3 is 0 Å². The van der Waals surface area contributed by atoms with Gasteiger partial charge in [-0.05, 0) is 36.4 Å². The second kappa shape index (κ2) is 11.0. The van der Waals surface area contributed by atoms with Crippen LogP contribution in [0.15, 0.2) is 91.8 Å². The van der Waals surface area contributed by atoms with Crippen molar-refractivity contribution in [3.8, 4) is 0 Å². The van der Waals surface area contributed by atoms with Crippen LogP contribution in [0.3, 0.4) is 0 Å². The summed E-state index contributed by atoms with van der Waals surface area (Å²) >= 11 is 0. The summed E-state index contributed by atoms with van der Waals surface area (Å²) < 4.78 is 0. The molecule has 0 N–H and O–H groups in total. The zero-order chi connectivity index (χ0) is 12.7. The molecule has 0 bridgehead atoms. The molecule has 0 saturated carbocycles. The predicted molar refractivity (Wildman–Crippen MR) is 72.7 cm³/mol. The zero-order valence-corrected chi connectivity index (χ0v) is 10.0. The van der Waals surface area contributed by atoms with Crippen molar-refractivity contribution in [1.82, 2.24) is 15.0 Å². The molecule has 3 aromatic heterocycles. The summed E-state index contributed by atoms with van der Waals surface area (Å²) in [7, 11) is 0. The standard InChI is InChI=1S/3C5H5N/c3*1-2-4-6-5-3-1/h3*1-5H. The number of aromatic nitrogens is 3. The van der Waals surface area contributed by atoms with Gasteiger partial charge in [0.15, 0.2) is 0 Å². The fraction of sp³-hybridized carbons (Fsp3) is 0. The molecule has 3 nitrogen and oxygen atoms in total. The maximum Gasteiger partial charge on any atom is 0.0267 e. The first-order chi connectivity index (χ1) is 9.00. The van der Waals surface area contributed by atoms with E-state index in [2.05, 4.69) is 15.0 Å². The molecule has 0 atom stereocenters. The number of hydrogen-bond acceptors (Lipinski definition) is 3. The smallest absolute Gasteiger partial charge is 0.0267 e. The summed E-state index contributed by atoms with van der Waals surface area (Å²) in [5, 5.41) is 0. The van der Waals surface area contributed by atoms with Crippen molar-refractivity contribution in [3.05, 3.63) is 91.8 Å². The van der Waals surface area contributed by atoms with Gasteiger partial charge < -0.3 is 0 Å². The maximum atomic E-state index is 3.78. The normalized spacial score (nSPS) is 8.00. The minimum absolute atomic E-state index is 1.75. The Bertz CT molecular complexity index is 302. The average molecular weight is 237 g/mol. The molecule has 3 heteroatoms. The lowest BCUT2D eigenvalue weighted by Crippen LogP contribution is -1.58. The fourth-order valence-electron chi connectivity index (χ4n) is 0.938. The summed E-state index contributed by atoms with van der Waals surface area (Å²) in [5.41, 5.74) is 0. The number of rotatable bonds is 0. The Labute approximate surface area is 107 Å². The largest absolute Gasteiger partial charge is 0.265 e. The van der Waals surface area contributed by atoms with E-state index in [0.29, 0.717) is 0 Å². The number of pyridine rings is 3. The molecular weight excluding hydrogens is 222 g/mol. The second-order valence-corrected chi connectivity index (χ2v) is 3.07. The van der Waals surface area contributed by atoms with Gasteiger partial charge in [-0.3, -0.25) is 15.0 Å². The summed E-state index contributed by atoms with van der Waals surface area (Å²) in [6, 6.07) is 17.1. The monoisotopic (exact) mass is 237 g/mol. The topological polar surface area (TPSA) is 38.7 Å². The van der Waals surface area contributed by atoms with Crippen LogP contribution in [0.1, 0.15) is 0 Å². The van der Waals surface area contributed by atoms with Crippen molar-refractivity contribution in [2.75, 3.05) is 0 Å². The molecular formula is C15H15N3. The first-order valence-corrected chi connectivity index (χ1v) is 5.55. The lowest BCUT2D eigenvalue weighted by Gasteiger charge is -1.70. The van der Waals surface area contributed by atoms with Gasteiger partial charge in [0.05, 0.1) is 0 Å². The first kappa shape index (κ1) is 13.5. The van der Waals surface area contributed by atoms with E-state index in [1.807, 2.05) is 54.6 Å². The summed E-state index contributed by atoms with van der Waals surface area (Å²) in [6.45, 7) is 0. The molecule has 3 rings (SSSR count). The third-order valence-corrected chi connectivity index (χ3v) is 1.70. The van der Waals surface area contributed by atoms with Gasteiger partial charge in [-0.2, -0.15) is 0 Å². The first-order valence-electron chi connectivity index (χ1n) is 5.55. The van der Waals surface area contributed by atoms with Crippen molar-refractivity contribution in [2.45, 2.75) is 0 Å². The van der Waals surface area contributed by atoms with Gasteiger partial charge in [0.25, 0.3) is 0 Å². The van der Waals surface area contributed by atoms with E-state index in [1.165, 1.54) is 0 Å². The molecule has 0 aliphatic rings. The van der Waals surface area contributed by atoms with Crippen LogP contribution in [0.2, 0.25) is 0 Å². The lowest BCUT2D eigenvalue weighted by atomic mass is 10.5. The van der Waals surface area contributed by atoms with Crippen LogP contribution >= 0.6 is 0 Å². The van der Waals surface area contributed by atoms with E-state index in [0.717, 1.165) is 0 Å². The van der Waals surface area contributed by atoms with Crippen LogP contribution in [0.25, 0.3) is 0 Å². The Morgan fingerprint density at radius 1 is 0.278 bits per heavy atom. The molecule has 0 amide bonds. The quantitative estimate of drug-likeness (QED) is 0.602. The number of nitrogens with zero attached hydrogens (tertiary/aromatic N) is 3. The molecule has 0 fully saturated rings. The minimum atomic E-state index is 1.75.